The quantitative estimate of drug-likeness (QED) is 0.780. The van der Waals surface area contributed by atoms with Crippen LogP contribution in [0.4, 0.5) is 0 Å². The van der Waals surface area contributed by atoms with E-state index in [-0.39, 0.29) is 5.54 Å². The first-order chi connectivity index (χ1) is 7.28. The molecule has 2 aliphatic carbocycles. The second-order valence-corrected chi connectivity index (χ2v) is 5.26. The van der Waals surface area contributed by atoms with Gasteiger partial charge in [0.05, 0.1) is 0 Å². The van der Waals surface area contributed by atoms with Crippen molar-refractivity contribution in [3.05, 3.63) is 35.4 Å². The van der Waals surface area contributed by atoms with Gasteiger partial charge in [0.15, 0.2) is 0 Å². The van der Waals surface area contributed by atoms with Crippen molar-refractivity contribution in [2.45, 2.75) is 50.0 Å². The first-order valence-corrected chi connectivity index (χ1v) is 6.17. The third-order valence-corrected chi connectivity index (χ3v) is 4.01. The van der Waals surface area contributed by atoms with E-state index in [1.807, 2.05) is 0 Å². The van der Waals surface area contributed by atoms with E-state index in [0.29, 0.717) is 0 Å². The Kier molecular flexibility index (Phi) is 2.10. The van der Waals surface area contributed by atoms with Gasteiger partial charge in [-0.1, -0.05) is 37.1 Å². The summed E-state index contributed by atoms with van der Waals surface area (Å²) in [4.78, 5) is 0. The molecular formula is C14H19N. The summed E-state index contributed by atoms with van der Waals surface area (Å²) in [5.74, 6) is 0.843. The van der Waals surface area contributed by atoms with Gasteiger partial charge in [0.2, 0.25) is 0 Å². The summed E-state index contributed by atoms with van der Waals surface area (Å²) in [6, 6.07) is 9.04. The summed E-state index contributed by atoms with van der Waals surface area (Å²) in [5.41, 5.74) is 9.36. The van der Waals surface area contributed by atoms with Crippen LogP contribution >= 0.6 is 0 Å². The van der Waals surface area contributed by atoms with Crippen LogP contribution in [0.3, 0.4) is 0 Å². The van der Waals surface area contributed by atoms with Gasteiger partial charge < -0.3 is 5.73 Å². The highest BCUT2D eigenvalue weighted by Gasteiger charge is 2.32. The maximum absolute atomic E-state index is 6.47. The van der Waals surface area contributed by atoms with E-state index in [9.17, 15) is 0 Å². The number of hydrogen-bond donors (Lipinski definition) is 1. The molecule has 2 N–H and O–H groups in total. The van der Waals surface area contributed by atoms with Crippen LogP contribution in [0.25, 0.3) is 0 Å². The number of nitrogens with two attached hydrogens (primary N) is 1. The van der Waals surface area contributed by atoms with Gasteiger partial charge in [0, 0.05) is 5.54 Å². The monoisotopic (exact) mass is 201 g/mol. The predicted octanol–water partition coefficient (Wildman–Crippen LogP) is 3.29. The molecule has 80 valence electrons. The van der Waals surface area contributed by atoms with Crippen molar-refractivity contribution < 1.29 is 0 Å². The molecule has 0 bridgehead atoms. The van der Waals surface area contributed by atoms with Crippen molar-refractivity contribution >= 4 is 0 Å². The zero-order valence-corrected chi connectivity index (χ0v) is 9.21. The third kappa shape index (κ3) is 1.69. The van der Waals surface area contributed by atoms with Crippen molar-refractivity contribution in [1.82, 2.24) is 0 Å². The molecule has 0 amide bonds. The van der Waals surface area contributed by atoms with Crippen LogP contribution in [-0.4, -0.2) is 0 Å². The van der Waals surface area contributed by atoms with Crippen molar-refractivity contribution in [3.63, 3.8) is 0 Å². The van der Waals surface area contributed by atoms with Crippen molar-refractivity contribution in [2.24, 2.45) is 5.73 Å². The zero-order chi connectivity index (χ0) is 10.3. The molecule has 0 saturated heterocycles. The molecule has 2 fully saturated rings. The van der Waals surface area contributed by atoms with Crippen LogP contribution in [0.15, 0.2) is 24.3 Å². The van der Waals surface area contributed by atoms with Crippen LogP contribution in [0.5, 0.6) is 0 Å². The SMILES string of the molecule is NC1(c2cccc(C3CC3)c2)CCCC1. The maximum atomic E-state index is 6.47. The molecule has 0 unspecified atom stereocenters. The van der Waals surface area contributed by atoms with Gasteiger partial charge in [-0.2, -0.15) is 0 Å². The van der Waals surface area contributed by atoms with Gasteiger partial charge in [-0.3, -0.25) is 0 Å². The van der Waals surface area contributed by atoms with Gasteiger partial charge in [0.25, 0.3) is 0 Å². The third-order valence-electron chi connectivity index (χ3n) is 4.01. The summed E-state index contributed by atoms with van der Waals surface area (Å²) < 4.78 is 0. The minimum atomic E-state index is -0.00903. The summed E-state index contributed by atoms with van der Waals surface area (Å²) in [5, 5.41) is 0. The highest BCUT2D eigenvalue weighted by Crippen LogP contribution is 2.42. The fraction of sp³-hybridized carbons (Fsp3) is 0.571. The predicted molar refractivity (Wildman–Crippen MR) is 62.8 cm³/mol. The standard InChI is InChI=1S/C14H19N/c15-14(8-1-2-9-14)13-5-3-4-12(10-13)11-6-7-11/h3-5,10-11H,1-2,6-9,15H2. The molecule has 1 heteroatoms. The van der Waals surface area contributed by atoms with Gasteiger partial charge in [-0.25, -0.2) is 0 Å². The van der Waals surface area contributed by atoms with Crippen LogP contribution in [0, 0.1) is 0 Å². The molecule has 0 aliphatic heterocycles. The first-order valence-electron chi connectivity index (χ1n) is 6.17. The number of hydrogen-bond acceptors (Lipinski definition) is 1. The lowest BCUT2D eigenvalue weighted by atomic mass is 9.88. The summed E-state index contributed by atoms with van der Waals surface area (Å²) in [6.45, 7) is 0. The molecule has 1 aromatic carbocycles. The number of rotatable bonds is 2. The van der Waals surface area contributed by atoms with Gasteiger partial charge in [0.1, 0.15) is 0 Å². The van der Waals surface area contributed by atoms with E-state index >= 15 is 0 Å². The maximum Gasteiger partial charge on any atom is 0.0409 e. The molecular weight excluding hydrogens is 182 g/mol. The van der Waals surface area contributed by atoms with Crippen LogP contribution in [-0.2, 0) is 5.54 Å². The Morgan fingerprint density at radius 3 is 2.53 bits per heavy atom. The van der Waals surface area contributed by atoms with Crippen molar-refractivity contribution in [2.75, 3.05) is 0 Å². The Balaban J connectivity index is 1.93. The minimum absolute atomic E-state index is 0.00903. The lowest BCUT2D eigenvalue weighted by Gasteiger charge is -2.24. The van der Waals surface area contributed by atoms with Crippen molar-refractivity contribution in [3.8, 4) is 0 Å². The van der Waals surface area contributed by atoms with E-state index in [1.165, 1.54) is 49.7 Å². The Labute approximate surface area is 91.7 Å². The Hall–Kier alpha value is -0.820. The van der Waals surface area contributed by atoms with E-state index in [0.717, 1.165) is 5.92 Å². The van der Waals surface area contributed by atoms with Crippen LogP contribution in [0.1, 0.15) is 55.6 Å². The fourth-order valence-electron chi connectivity index (χ4n) is 2.81. The Morgan fingerprint density at radius 1 is 1.13 bits per heavy atom. The van der Waals surface area contributed by atoms with Gasteiger partial charge >= 0.3 is 0 Å². The molecule has 0 atom stereocenters. The van der Waals surface area contributed by atoms with Crippen molar-refractivity contribution in [1.29, 1.82) is 0 Å². The molecule has 3 rings (SSSR count). The molecule has 2 saturated carbocycles. The second-order valence-electron chi connectivity index (χ2n) is 5.26. The fourth-order valence-corrected chi connectivity index (χ4v) is 2.81. The highest BCUT2D eigenvalue weighted by atomic mass is 14.8. The lowest BCUT2D eigenvalue weighted by molar-refractivity contribution is 0.461. The van der Waals surface area contributed by atoms with Gasteiger partial charge in [-0.05, 0) is 42.7 Å². The van der Waals surface area contributed by atoms with Crippen LogP contribution in [0.2, 0.25) is 0 Å². The summed E-state index contributed by atoms with van der Waals surface area (Å²) in [6.07, 6.45) is 7.68. The second kappa shape index (κ2) is 3.34. The smallest absolute Gasteiger partial charge is 0.0409 e. The molecule has 0 radical (unpaired) electrons. The summed E-state index contributed by atoms with van der Waals surface area (Å²) >= 11 is 0. The largest absolute Gasteiger partial charge is 0.321 e. The van der Waals surface area contributed by atoms with E-state index in [1.54, 1.807) is 0 Å². The highest BCUT2D eigenvalue weighted by molar-refractivity contribution is 5.33. The first kappa shape index (κ1) is 9.41. The van der Waals surface area contributed by atoms with Crippen LogP contribution < -0.4 is 5.73 Å². The molecule has 1 nitrogen and oxygen atoms in total. The zero-order valence-electron chi connectivity index (χ0n) is 9.21. The molecule has 0 heterocycles. The topological polar surface area (TPSA) is 26.0 Å². The molecule has 0 spiro atoms. The Morgan fingerprint density at radius 2 is 1.87 bits per heavy atom. The number of benzene rings is 1. The molecule has 0 aromatic heterocycles. The average Bonchev–Trinajstić information content (AvgIpc) is 3.02. The molecule has 15 heavy (non-hydrogen) atoms. The van der Waals surface area contributed by atoms with E-state index in [2.05, 4.69) is 24.3 Å². The van der Waals surface area contributed by atoms with Gasteiger partial charge in [-0.15, -0.1) is 0 Å². The minimum Gasteiger partial charge on any atom is -0.321 e. The molecule has 2 aliphatic rings. The average molecular weight is 201 g/mol. The normalized spacial score (nSPS) is 24.3. The van der Waals surface area contributed by atoms with E-state index in [4.69, 9.17) is 5.73 Å². The van der Waals surface area contributed by atoms with E-state index < -0.39 is 0 Å². The summed E-state index contributed by atoms with van der Waals surface area (Å²) in [7, 11) is 0. The molecule has 1 aromatic rings. The lowest BCUT2D eigenvalue weighted by Crippen LogP contribution is -2.33. The Bertz CT molecular complexity index is 359.